The van der Waals surface area contributed by atoms with Gasteiger partial charge in [-0.1, -0.05) is 71.4 Å². The minimum absolute atomic E-state index is 0.0436. The summed E-state index contributed by atoms with van der Waals surface area (Å²) in [5.41, 5.74) is 2.05. The van der Waals surface area contributed by atoms with Gasteiger partial charge in [0.15, 0.2) is 0 Å². The summed E-state index contributed by atoms with van der Waals surface area (Å²) in [6, 6.07) is 19.8. The summed E-state index contributed by atoms with van der Waals surface area (Å²) < 4.78 is 11.0. The highest BCUT2D eigenvalue weighted by molar-refractivity contribution is 8.03. The van der Waals surface area contributed by atoms with E-state index in [0.29, 0.717) is 32.8 Å². The third-order valence-corrected chi connectivity index (χ3v) is 7.25. The van der Waals surface area contributed by atoms with Crippen LogP contribution in [0.1, 0.15) is 24.2 Å². The standard InChI is InChI=1S/C27H21Cl2N3O4S/c1-2-35-27(34)23-22(20-12-7-13-36-20)17(14-30)26(32-25(23)16-8-4-3-5-9-16)37-15-21(33)31-19-11-6-10-18(28)24(19)29/h3-13,22,32H,2,15H2,1H3,(H,31,33)/t22-/m1/s1. The lowest BCUT2D eigenvalue weighted by Crippen LogP contribution is -2.29. The Balaban J connectivity index is 1.71. The van der Waals surface area contributed by atoms with Crippen molar-refractivity contribution in [3.8, 4) is 6.07 Å². The van der Waals surface area contributed by atoms with Crippen LogP contribution in [0.15, 0.2) is 87.5 Å². The van der Waals surface area contributed by atoms with Crippen LogP contribution in [0.2, 0.25) is 10.0 Å². The van der Waals surface area contributed by atoms with E-state index in [2.05, 4.69) is 16.7 Å². The Morgan fingerprint density at radius 1 is 1.14 bits per heavy atom. The molecule has 37 heavy (non-hydrogen) atoms. The van der Waals surface area contributed by atoms with E-state index in [0.717, 1.165) is 11.8 Å². The normalized spacial score (nSPS) is 15.1. The Kier molecular flexibility index (Phi) is 8.62. The summed E-state index contributed by atoms with van der Waals surface area (Å²) in [7, 11) is 0. The Bertz CT molecular complexity index is 1410. The number of furan rings is 1. The molecule has 0 spiro atoms. The molecular weight excluding hydrogens is 533 g/mol. The molecular formula is C27H21Cl2N3O4S. The number of benzene rings is 2. The highest BCUT2D eigenvalue weighted by atomic mass is 35.5. The molecule has 0 bridgehead atoms. The average molecular weight is 554 g/mol. The van der Waals surface area contributed by atoms with Crippen LogP contribution in [0.25, 0.3) is 5.70 Å². The van der Waals surface area contributed by atoms with Crippen molar-refractivity contribution in [2.75, 3.05) is 17.7 Å². The van der Waals surface area contributed by atoms with Crippen molar-refractivity contribution < 1.29 is 18.7 Å². The van der Waals surface area contributed by atoms with Crippen molar-refractivity contribution >= 4 is 58.2 Å². The molecule has 7 nitrogen and oxygen atoms in total. The number of nitrogens with one attached hydrogen (secondary N) is 2. The van der Waals surface area contributed by atoms with Gasteiger partial charge in [-0.2, -0.15) is 5.26 Å². The third kappa shape index (κ3) is 5.86. The molecule has 0 radical (unpaired) electrons. The average Bonchev–Trinajstić information content (AvgIpc) is 3.44. The number of nitrogens with zero attached hydrogens (tertiary/aromatic N) is 1. The van der Waals surface area contributed by atoms with Gasteiger partial charge in [-0.25, -0.2) is 4.79 Å². The molecule has 188 valence electrons. The van der Waals surface area contributed by atoms with Gasteiger partial charge in [0, 0.05) is 0 Å². The molecule has 10 heteroatoms. The first kappa shape index (κ1) is 26.4. The van der Waals surface area contributed by atoms with Gasteiger partial charge >= 0.3 is 5.97 Å². The fourth-order valence-corrected chi connectivity index (χ4v) is 5.01. The van der Waals surface area contributed by atoms with E-state index >= 15 is 0 Å². The number of carbonyl (C=O) groups excluding carboxylic acids is 2. The molecule has 2 aromatic carbocycles. The number of hydrogen-bond donors (Lipinski definition) is 2. The molecule has 3 aromatic rings. The molecule has 1 amide bonds. The number of esters is 1. The number of halogens is 2. The van der Waals surface area contributed by atoms with Crippen molar-refractivity contribution in [1.82, 2.24) is 5.32 Å². The van der Waals surface area contributed by atoms with E-state index in [1.807, 2.05) is 30.3 Å². The SMILES string of the molecule is CCOC(=O)C1=C(c2ccccc2)NC(SCC(=O)Nc2cccc(Cl)c2Cl)=C(C#N)[C@@H]1c1ccco1. The Morgan fingerprint density at radius 3 is 2.59 bits per heavy atom. The first-order valence-electron chi connectivity index (χ1n) is 11.2. The van der Waals surface area contributed by atoms with Crippen LogP contribution in [0.3, 0.4) is 0 Å². The maximum Gasteiger partial charge on any atom is 0.337 e. The van der Waals surface area contributed by atoms with Gasteiger partial charge in [-0.3, -0.25) is 4.79 Å². The number of amides is 1. The minimum Gasteiger partial charge on any atom is -0.468 e. The molecule has 1 aliphatic heterocycles. The van der Waals surface area contributed by atoms with Crippen molar-refractivity contribution in [1.29, 1.82) is 5.26 Å². The summed E-state index contributed by atoms with van der Waals surface area (Å²) in [4.78, 5) is 26.0. The highest BCUT2D eigenvalue weighted by Crippen LogP contribution is 2.43. The quantitative estimate of drug-likeness (QED) is 0.313. The van der Waals surface area contributed by atoms with Crippen molar-refractivity contribution in [3.63, 3.8) is 0 Å². The number of hydrogen-bond acceptors (Lipinski definition) is 7. The predicted molar refractivity (Wildman–Crippen MR) is 145 cm³/mol. The van der Waals surface area contributed by atoms with Crippen LogP contribution in [0.5, 0.6) is 0 Å². The molecule has 2 heterocycles. The largest absolute Gasteiger partial charge is 0.468 e. The smallest absolute Gasteiger partial charge is 0.337 e. The Morgan fingerprint density at radius 2 is 1.92 bits per heavy atom. The maximum absolute atomic E-state index is 13.2. The molecule has 1 atom stereocenters. The lowest BCUT2D eigenvalue weighted by molar-refractivity contribution is -0.138. The topological polar surface area (TPSA) is 104 Å². The molecule has 0 unspecified atom stereocenters. The zero-order chi connectivity index (χ0) is 26.4. The second kappa shape index (κ2) is 12.1. The Labute approximate surface area is 228 Å². The van der Waals surface area contributed by atoms with E-state index in [1.165, 1.54) is 6.26 Å². The summed E-state index contributed by atoms with van der Waals surface area (Å²) in [6.07, 6.45) is 1.48. The molecule has 2 N–H and O–H groups in total. The number of anilines is 1. The summed E-state index contributed by atoms with van der Waals surface area (Å²) in [6.45, 7) is 1.88. The molecule has 0 fully saturated rings. The molecule has 1 aromatic heterocycles. The van der Waals surface area contributed by atoms with Crippen LogP contribution in [0.4, 0.5) is 5.69 Å². The number of nitriles is 1. The van der Waals surface area contributed by atoms with Crippen LogP contribution in [-0.4, -0.2) is 24.2 Å². The second-order valence-electron chi connectivity index (χ2n) is 7.74. The maximum atomic E-state index is 13.2. The fourth-order valence-electron chi connectivity index (χ4n) is 3.82. The highest BCUT2D eigenvalue weighted by Gasteiger charge is 2.39. The van der Waals surface area contributed by atoms with Crippen molar-refractivity contribution in [2.24, 2.45) is 0 Å². The van der Waals surface area contributed by atoms with Crippen LogP contribution < -0.4 is 10.6 Å². The zero-order valence-corrected chi connectivity index (χ0v) is 21.9. The number of rotatable bonds is 8. The lowest BCUT2D eigenvalue weighted by Gasteiger charge is -2.29. The third-order valence-electron chi connectivity index (χ3n) is 5.41. The van der Waals surface area contributed by atoms with Gasteiger partial charge in [-0.05, 0) is 36.8 Å². The zero-order valence-electron chi connectivity index (χ0n) is 19.6. The van der Waals surface area contributed by atoms with Gasteiger partial charge in [0.05, 0.1) is 68.2 Å². The second-order valence-corrected chi connectivity index (χ2v) is 9.51. The van der Waals surface area contributed by atoms with Gasteiger partial charge in [0.2, 0.25) is 5.91 Å². The van der Waals surface area contributed by atoms with Crippen LogP contribution in [-0.2, 0) is 14.3 Å². The number of dihydropyridines is 1. The number of allylic oxidation sites excluding steroid dienone is 1. The van der Waals surface area contributed by atoms with Gasteiger partial charge in [-0.15, -0.1) is 0 Å². The molecule has 1 aliphatic rings. The molecule has 0 saturated carbocycles. The molecule has 0 aliphatic carbocycles. The number of carbonyl (C=O) groups is 2. The molecule has 0 saturated heterocycles. The van der Waals surface area contributed by atoms with E-state index in [1.54, 1.807) is 37.3 Å². The van der Waals surface area contributed by atoms with Crippen molar-refractivity contribution in [2.45, 2.75) is 12.8 Å². The van der Waals surface area contributed by atoms with Gasteiger partial charge < -0.3 is 19.8 Å². The lowest BCUT2D eigenvalue weighted by atomic mass is 9.84. The van der Waals surface area contributed by atoms with Crippen LogP contribution >= 0.6 is 35.0 Å². The predicted octanol–water partition coefficient (Wildman–Crippen LogP) is 6.35. The summed E-state index contributed by atoms with van der Waals surface area (Å²) in [5.74, 6) is -1.39. The van der Waals surface area contributed by atoms with Gasteiger partial charge in [0.1, 0.15) is 5.76 Å². The number of ether oxygens (including phenoxy) is 1. The van der Waals surface area contributed by atoms with Crippen LogP contribution in [0, 0.1) is 11.3 Å². The van der Waals surface area contributed by atoms with E-state index in [9.17, 15) is 14.9 Å². The van der Waals surface area contributed by atoms with E-state index in [4.69, 9.17) is 32.4 Å². The Hall–Kier alpha value is -3.64. The number of thioether (sulfide) groups is 1. The van der Waals surface area contributed by atoms with Crippen molar-refractivity contribution in [3.05, 3.63) is 104 Å². The van der Waals surface area contributed by atoms with E-state index in [-0.39, 0.29) is 34.4 Å². The molecule has 4 rings (SSSR count). The fraction of sp³-hybridized carbons (Fsp3) is 0.148. The monoisotopic (exact) mass is 553 g/mol. The first-order chi connectivity index (χ1) is 17.9. The summed E-state index contributed by atoms with van der Waals surface area (Å²) >= 11 is 13.4. The van der Waals surface area contributed by atoms with E-state index < -0.39 is 11.9 Å². The van der Waals surface area contributed by atoms with Gasteiger partial charge in [0.25, 0.3) is 0 Å². The summed E-state index contributed by atoms with van der Waals surface area (Å²) in [5, 5.41) is 17.1. The minimum atomic E-state index is -0.830. The first-order valence-corrected chi connectivity index (χ1v) is 13.0.